The summed E-state index contributed by atoms with van der Waals surface area (Å²) in [6.07, 6.45) is 9.84. The highest BCUT2D eigenvalue weighted by atomic mass is 16.5. The van der Waals surface area contributed by atoms with Crippen LogP contribution in [0.25, 0.3) is 0 Å². The molecule has 5 rings (SSSR count). The molecule has 34 heavy (non-hydrogen) atoms. The molecule has 0 aromatic heterocycles. The fourth-order valence-corrected chi connectivity index (χ4v) is 10.1. The van der Waals surface area contributed by atoms with Crippen LogP contribution in [0, 0.1) is 45.3 Å². The smallest absolute Gasteiger partial charge is 0.138 e. The van der Waals surface area contributed by atoms with Crippen molar-refractivity contribution in [2.24, 2.45) is 45.3 Å². The third-order valence-corrected chi connectivity index (χ3v) is 12.3. The summed E-state index contributed by atoms with van der Waals surface area (Å²) in [5.41, 5.74) is 1.05. The maximum atomic E-state index is 12.8. The van der Waals surface area contributed by atoms with Crippen LogP contribution in [0.5, 0.6) is 0 Å². The number of carbonyl (C=O) groups excluding carboxylic acids is 1. The number of fused-ring (bicyclic) bond motifs is 5. The SMILES string of the molecule is CC(C)(O)[C@@H]1OC[C@H]([C@@H]2CC[C@]3(C)C4=CC[C@@H]5C(C)(C)C(=O)CC[C@]5(C)[C@@H]4CC[C@@]23C)C[C@@H]1O. The number of aliphatic hydroxyl groups excluding tert-OH is 1. The molecule has 0 bridgehead atoms. The van der Waals surface area contributed by atoms with E-state index < -0.39 is 17.8 Å². The van der Waals surface area contributed by atoms with E-state index in [1.807, 2.05) is 0 Å². The Balaban J connectivity index is 1.43. The highest BCUT2D eigenvalue weighted by Gasteiger charge is 2.66. The van der Waals surface area contributed by atoms with Crippen LogP contribution < -0.4 is 0 Å². The zero-order valence-corrected chi connectivity index (χ0v) is 22.6. The Kier molecular flexibility index (Phi) is 5.62. The van der Waals surface area contributed by atoms with Crippen molar-refractivity contribution in [3.05, 3.63) is 11.6 Å². The van der Waals surface area contributed by atoms with Crippen molar-refractivity contribution in [1.82, 2.24) is 0 Å². The zero-order valence-electron chi connectivity index (χ0n) is 22.6. The molecule has 1 heterocycles. The minimum absolute atomic E-state index is 0.179. The van der Waals surface area contributed by atoms with Crippen LogP contribution in [0.2, 0.25) is 0 Å². The first-order valence-corrected chi connectivity index (χ1v) is 13.9. The van der Waals surface area contributed by atoms with Gasteiger partial charge in [0.25, 0.3) is 0 Å². The highest BCUT2D eigenvalue weighted by Crippen LogP contribution is 2.73. The fraction of sp³-hybridized carbons (Fsp3) is 0.900. The predicted octanol–water partition coefficient (Wildman–Crippen LogP) is 5.70. The first-order chi connectivity index (χ1) is 15.7. The molecule has 4 nitrogen and oxygen atoms in total. The lowest BCUT2D eigenvalue weighted by Crippen LogP contribution is -2.58. The number of ketones is 1. The van der Waals surface area contributed by atoms with Gasteiger partial charge in [-0.15, -0.1) is 0 Å². The summed E-state index contributed by atoms with van der Waals surface area (Å²) in [6.45, 7) is 16.1. The van der Waals surface area contributed by atoms with Gasteiger partial charge in [-0.05, 0) is 98.7 Å². The maximum absolute atomic E-state index is 12.8. The standard InChI is InChI=1S/C30H48O4/c1-26(2)23-9-8-21-20(28(23,5)13-12-24(26)32)11-15-29(6)19(10-14-30(21,29)7)18-16-22(31)25(34-17-18)27(3,4)33/h8,18-20,22-23,25,31,33H,9-17H2,1-7H3/t18-,19+,20-,22+,23-,25-,28-,29+,30-/m1/s1. The van der Waals surface area contributed by atoms with E-state index >= 15 is 0 Å². The molecule has 3 saturated carbocycles. The molecule has 1 aliphatic heterocycles. The van der Waals surface area contributed by atoms with Crippen LogP contribution in [-0.2, 0) is 9.53 Å². The molecule has 4 aliphatic carbocycles. The summed E-state index contributed by atoms with van der Waals surface area (Å²) in [5.74, 6) is 2.37. The van der Waals surface area contributed by atoms with Gasteiger partial charge in [0.1, 0.15) is 11.9 Å². The van der Waals surface area contributed by atoms with Crippen molar-refractivity contribution in [3.8, 4) is 0 Å². The Bertz CT molecular complexity index is 883. The fourth-order valence-electron chi connectivity index (χ4n) is 10.1. The van der Waals surface area contributed by atoms with Crippen LogP contribution in [0.1, 0.15) is 99.8 Å². The largest absolute Gasteiger partial charge is 0.390 e. The molecule has 2 N–H and O–H groups in total. The summed E-state index contributed by atoms with van der Waals surface area (Å²) in [4.78, 5) is 12.8. The molecule has 0 aromatic carbocycles. The monoisotopic (exact) mass is 472 g/mol. The second-order valence-electron chi connectivity index (χ2n) is 14.6. The van der Waals surface area contributed by atoms with Gasteiger partial charge in [-0.3, -0.25) is 4.79 Å². The van der Waals surface area contributed by atoms with Gasteiger partial charge in [0, 0.05) is 11.8 Å². The molecule has 9 atom stereocenters. The molecular weight excluding hydrogens is 424 g/mol. The van der Waals surface area contributed by atoms with Gasteiger partial charge in [0.15, 0.2) is 0 Å². The zero-order chi connectivity index (χ0) is 24.9. The van der Waals surface area contributed by atoms with Crippen LogP contribution in [0.4, 0.5) is 0 Å². The number of carbonyl (C=O) groups is 1. The number of rotatable bonds is 2. The number of hydrogen-bond donors (Lipinski definition) is 2. The minimum Gasteiger partial charge on any atom is -0.390 e. The van der Waals surface area contributed by atoms with E-state index in [-0.39, 0.29) is 21.7 Å². The molecule has 1 saturated heterocycles. The van der Waals surface area contributed by atoms with Gasteiger partial charge in [-0.2, -0.15) is 0 Å². The van der Waals surface area contributed by atoms with E-state index in [0.717, 1.165) is 25.7 Å². The van der Waals surface area contributed by atoms with Crippen LogP contribution in [0.3, 0.4) is 0 Å². The van der Waals surface area contributed by atoms with E-state index in [1.54, 1.807) is 19.4 Å². The van der Waals surface area contributed by atoms with Crippen molar-refractivity contribution in [1.29, 1.82) is 0 Å². The van der Waals surface area contributed by atoms with Crippen molar-refractivity contribution < 1.29 is 19.7 Å². The Hall–Kier alpha value is -0.710. The van der Waals surface area contributed by atoms with E-state index in [9.17, 15) is 15.0 Å². The lowest BCUT2D eigenvalue weighted by Gasteiger charge is -2.63. The van der Waals surface area contributed by atoms with Crippen LogP contribution in [0.15, 0.2) is 11.6 Å². The minimum atomic E-state index is -1.02. The van der Waals surface area contributed by atoms with Gasteiger partial charge in [-0.25, -0.2) is 0 Å². The second-order valence-corrected chi connectivity index (χ2v) is 14.6. The van der Waals surface area contributed by atoms with Gasteiger partial charge in [-0.1, -0.05) is 46.3 Å². The first-order valence-electron chi connectivity index (χ1n) is 13.9. The molecule has 0 amide bonds. The average Bonchev–Trinajstić information content (AvgIpc) is 3.02. The van der Waals surface area contributed by atoms with Crippen molar-refractivity contribution >= 4 is 5.78 Å². The normalized spacial score (nSPS) is 50.7. The number of hydrogen-bond acceptors (Lipinski definition) is 4. The Morgan fingerprint density at radius 2 is 1.76 bits per heavy atom. The quantitative estimate of drug-likeness (QED) is 0.506. The third kappa shape index (κ3) is 3.23. The Morgan fingerprint density at radius 3 is 2.41 bits per heavy atom. The lowest BCUT2D eigenvalue weighted by molar-refractivity contribution is -0.187. The van der Waals surface area contributed by atoms with E-state index in [1.165, 1.54) is 25.7 Å². The molecule has 0 radical (unpaired) electrons. The van der Waals surface area contributed by atoms with E-state index in [0.29, 0.717) is 36.1 Å². The van der Waals surface area contributed by atoms with Gasteiger partial charge >= 0.3 is 0 Å². The van der Waals surface area contributed by atoms with Gasteiger partial charge in [0.05, 0.1) is 18.3 Å². The average molecular weight is 473 g/mol. The Morgan fingerprint density at radius 1 is 1.06 bits per heavy atom. The summed E-state index contributed by atoms with van der Waals surface area (Å²) >= 11 is 0. The van der Waals surface area contributed by atoms with Gasteiger partial charge in [0.2, 0.25) is 0 Å². The molecule has 0 spiro atoms. The molecule has 4 fully saturated rings. The van der Waals surface area contributed by atoms with E-state index in [4.69, 9.17) is 4.74 Å². The third-order valence-electron chi connectivity index (χ3n) is 12.3. The number of aliphatic hydroxyl groups is 2. The van der Waals surface area contributed by atoms with Crippen LogP contribution >= 0.6 is 0 Å². The lowest BCUT2D eigenvalue weighted by atomic mass is 9.41. The molecule has 192 valence electrons. The summed E-state index contributed by atoms with van der Waals surface area (Å²) in [5, 5.41) is 21.3. The molecule has 0 aromatic rings. The van der Waals surface area contributed by atoms with Gasteiger partial charge < -0.3 is 14.9 Å². The molecule has 4 heteroatoms. The highest BCUT2D eigenvalue weighted by molar-refractivity contribution is 5.85. The van der Waals surface area contributed by atoms with Crippen molar-refractivity contribution in [2.45, 2.75) is 118 Å². The Labute approximate surface area is 206 Å². The number of Topliss-reactive ketones (excluding diaryl/α,β-unsaturated/α-hetero) is 1. The summed E-state index contributed by atoms with van der Waals surface area (Å²) in [6, 6.07) is 0. The summed E-state index contributed by atoms with van der Waals surface area (Å²) in [7, 11) is 0. The molecular formula is C30H48O4. The topological polar surface area (TPSA) is 66.8 Å². The molecule has 0 unspecified atom stereocenters. The van der Waals surface area contributed by atoms with Crippen LogP contribution in [-0.4, -0.2) is 40.4 Å². The van der Waals surface area contributed by atoms with Crippen molar-refractivity contribution in [2.75, 3.05) is 6.61 Å². The van der Waals surface area contributed by atoms with Crippen molar-refractivity contribution in [3.63, 3.8) is 0 Å². The number of ether oxygens (including phenoxy) is 1. The summed E-state index contributed by atoms with van der Waals surface area (Å²) < 4.78 is 6.12. The van der Waals surface area contributed by atoms with E-state index in [2.05, 4.69) is 40.7 Å². The second kappa shape index (κ2) is 7.65. The molecule has 5 aliphatic rings. The maximum Gasteiger partial charge on any atom is 0.138 e. The predicted molar refractivity (Wildman–Crippen MR) is 134 cm³/mol. The first kappa shape index (κ1) is 25.0. The number of allylic oxidation sites excluding steroid dienone is 2.